The molecule has 10 nitrogen and oxygen atoms in total. The highest BCUT2D eigenvalue weighted by Crippen LogP contribution is 2.22. The second-order valence-corrected chi connectivity index (χ2v) is 8.86. The normalized spacial score (nSPS) is 13.7. The van der Waals surface area contributed by atoms with Gasteiger partial charge in [0.15, 0.2) is 11.6 Å². The standard InChI is InChI=1S/C20H26N8O2/c1-19(2,3)27-17(21-23-25-27)11-15(29)13-8-7-9-14(10-13)16(30)12-18-22-24-26-28(18)20(4,5)6/h7-12,29-30H,1-6H3/p-1. The first-order valence-corrected chi connectivity index (χ1v) is 9.45. The molecule has 0 saturated carbocycles. The van der Waals surface area contributed by atoms with E-state index in [2.05, 4.69) is 31.1 Å². The maximum Gasteiger partial charge on any atom is 0.178 e. The zero-order valence-electron chi connectivity index (χ0n) is 17.9. The lowest BCUT2D eigenvalue weighted by Crippen LogP contribution is -2.24. The molecule has 0 fully saturated rings. The van der Waals surface area contributed by atoms with Crippen LogP contribution in [-0.2, 0) is 11.1 Å². The second kappa shape index (κ2) is 7.69. The molecule has 0 bridgehead atoms. The Morgan fingerprint density at radius 2 is 1.37 bits per heavy atom. The highest BCUT2D eigenvalue weighted by molar-refractivity contribution is 5.78. The van der Waals surface area contributed by atoms with Crippen LogP contribution in [0.2, 0.25) is 0 Å². The van der Waals surface area contributed by atoms with E-state index in [9.17, 15) is 10.2 Å². The Hall–Kier alpha value is -3.56. The van der Waals surface area contributed by atoms with Gasteiger partial charge in [-0.05, 0) is 80.1 Å². The number of nitrogens with zero attached hydrogens (tertiary/aromatic N) is 8. The third kappa shape index (κ3) is 4.53. The van der Waals surface area contributed by atoms with Gasteiger partial charge in [0.05, 0.1) is 11.1 Å². The van der Waals surface area contributed by atoms with Gasteiger partial charge in [0.2, 0.25) is 0 Å². The van der Waals surface area contributed by atoms with Crippen LogP contribution >= 0.6 is 0 Å². The second-order valence-electron chi connectivity index (χ2n) is 8.86. The summed E-state index contributed by atoms with van der Waals surface area (Å²) < 4.78 is 3.19. The van der Waals surface area contributed by atoms with Gasteiger partial charge in [0.25, 0.3) is 0 Å². The van der Waals surface area contributed by atoms with Crippen LogP contribution in [0.15, 0.2) is 24.3 Å². The van der Waals surface area contributed by atoms with Crippen LogP contribution < -0.4 is 5.11 Å². The van der Waals surface area contributed by atoms with Crippen molar-refractivity contribution >= 4 is 23.7 Å². The maximum absolute atomic E-state index is 12.8. The predicted octanol–water partition coefficient (Wildman–Crippen LogP) is 2.08. The number of hydrogen-bond donors (Lipinski definition) is 1. The molecule has 2 heterocycles. The van der Waals surface area contributed by atoms with Gasteiger partial charge in [-0.25, -0.2) is 9.36 Å². The zero-order valence-corrected chi connectivity index (χ0v) is 17.9. The molecule has 3 rings (SSSR count). The van der Waals surface area contributed by atoms with Gasteiger partial charge in [0, 0.05) is 11.6 Å². The summed E-state index contributed by atoms with van der Waals surface area (Å²) in [6, 6.07) is 6.66. The number of tetrazole rings is 2. The quantitative estimate of drug-likeness (QED) is 0.648. The van der Waals surface area contributed by atoms with Crippen LogP contribution in [0.4, 0.5) is 0 Å². The number of aliphatic hydroxyl groups excluding tert-OH is 1. The molecule has 0 atom stereocenters. The first kappa shape index (κ1) is 21.2. The van der Waals surface area contributed by atoms with Crippen LogP contribution in [0.1, 0.15) is 64.3 Å². The van der Waals surface area contributed by atoms with Crippen LogP contribution in [0.3, 0.4) is 0 Å². The molecular formula is C20H25N8O2-. The minimum Gasteiger partial charge on any atom is -0.872 e. The van der Waals surface area contributed by atoms with Gasteiger partial charge in [0.1, 0.15) is 5.76 Å². The van der Waals surface area contributed by atoms with Crippen molar-refractivity contribution in [2.24, 2.45) is 0 Å². The molecule has 0 saturated heterocycles. The molecule has 30 heavy (non-hydrogen) atoms. The molecule has 0 aliphatic rings. The molecule has 0 amide bonds. The topological polar surface area (TPSA) is 130 Å². The fourth-order valence-corrected chi connectivity index (χ4v) is 2.76. The molecule has 158 valence electrons. The Kier molecular flexibility index (Phi) is 5.43. The number of rotatable bonds is 4. The fourth-order valence-electron chi connectivity index (χ4n) is 2.76. The first-order chi connectivity index (χ1) is 14.0. The van der Waals surface area contributed by atoms with Crippen LogP contribution in [0.5, 0.6) is 0 Å². The van der Waals surface area contributed by atoms with Crippen molar-refractivity contribution in [3.05, 3.63) is 47.0 Å². The van der Waals surface area contributed by atoms with Crippen LogP contribution in [-0.4, -0.2) is 45.5 Å². The highest BCUT2D eigenvalue weighted by atomic mass is 16.3. The zero-order chi connectivity index (χ0) is 22.1. The average molecular weight is 409 g/mol. The molecule has 0 aliphatic carbocycles. The number of aromatic nitrogens is 8. The molecule has 0 unspecified atom stereocenters. The third-order valence-electron chi connectivity index (χ3n) is 4.23. The van der Waals surface area contributed by atoms with Crippen molar-refractivity contribution in [3.63, 3.8) is 0 Å². The Morgan fingerprint density at radius 1 is 0.867 bits per heavy atom. The van der Waals surface area contributed by atoms with Gasteiger partial charge in [-0.1, -0.05) is 24.0 Å². The number of hydrogen-bond acceptors (Lipinski definition) is 8. The lowest BCUT2D eigenvalue weighted by molar-refractivity contribution is -0.242. The Labute approximate surface area is 174 Å². The van der Waals surface area contributed by atoms with Crippen molar-refractivity contribution in [1.29, 1.82) is 0 Å². The average Bonchev–Trinajstić information content (AvgIpc) is 3.30. The van der Waals surface area contributed by atoms with E-state index < -0.39 is 0 Å². The largest absolute Gasteiger partial charge is 0.872 e. The lowest BCUT2D eigenvalue weighted by Gasteiger charge is -2.20. The fraction of sp³-hybridized carbons (Fsp3) is 0.400. The van der Waals surface area contributed by atoms with E-state index in [0.717, 1.165) is 0 Å². The van der Waals surface area contributed by atoms with E-state index in [-0.39, 0.29) is 22.6 Å². The summed E-state index contributed by atoms with van der Waals surface area (Å²) in [5.41, 5.74) is 0.147. The summed E-state index contributed by atoms with van der Waals surface area (Å²) in [5, 5.41) is 46.5. The molecule has 0 spiro atoms. The van der Waals surface area contributed by atoms with Crippen LogP contribution in [0, 0.1) is 0 Å². The minimum atomic E-state index is -0.366. The summed E-state index contributed by atoms with van der Waals surface area (Å²) >= 11 is 0. The Balaban J connectivity index is 1.94. The summed E-state index contributed by atoms with van der Waals surface area (Å²) in [6.07, 6.45) is 2.85. The van der Waals surface area contributed by atoms with Crippen molar-refractivity contribution in [3.8, 4) is 0 Å². The predicted molar refractivity (Wildman–Crippen MR) is 110 cm³/mol. The highest BCUT2D eigenvalue weighted by Gasteiger charge is 2.19. The first-order valence-electron chi connectivity index (χ1n) is 9.45. The Morgan fingerprint density at radius 3 is 1.90 bits per heavy atom. The maximum atomic E-state index is 12.8. The van der Waals surface area contributed by atoms with Crippen molar-refractivity contribution in [2.75, 3.05) is 0 Å². The number of aliphatic hydroxyl groups is 1. The van der Waals surface area contributed by atoms with Gasteiger partial charge in [-0.15, -0.1) is 10.2 Å². The lowest BCUT2D eigenvalue weighted by atomic mass is 10.1. The monoisotopic (exact) mass is 409 g/mol. The van der Waals surface area contributed by atoms with Gasteiger partial charge in [-0.3, -0.25) is 0 Å². The summed E-state index contributed by atoms with van der Waals surface area (Å²) in [4.78, 5) is 0. The molecule has 1 aromatic carbocycles. The van der Waals surface area contributed by atoms with Crippen molar-refractivity contribution < 1.29 is 10.2 Å². The molecular weight excluding hydrogens is 384 g/mol. The molecule has 10 heteroatoms. The minimum absolute atomic E-state index is 0.0514. The van der Waals surface area contributed by atoms with Crippen molar-refractivity contribution in [2.45, 2.75) is 52.6 Å². The smallest absolute Gasteiger partial charge is 0.178 e. The van der Waals surface area contributed by atoms with Gasteiger partial charge < -0.3 is 10.2 Å². The van der Waals surface area contributed by atoms with E-state index >= 15 is 0 Å². The molecule has 0 radical (unpaired) electrons. The van der Waals surface area contributed by atoms with E-state index in [0.29, 0.717) is 22.8 Å². The number of benzene rings is 1. The SMILES string of the molecule is CC(C)(C)n1nnnc1C=C([O-])c1cccc(C(O)=Cc2nnnn2C(C)(C)C)c1. The molecule has 1 N–H and O–H groups in total. The van der Waals surface area contributed by atoms with E-state index in [1.165, 1.54) is 12.2 Å². The van der Waals surface area contributed by atoms with E-state index in [1.54, 1.807) is 33.6 Å². The molecule has 0 aliphatic heterocycles. The molecule has 3 aromatic rings. The summed E-state index contributed by atoms with van der Waals surface area (Å²) in [5.74, 6) is 0.448. The van der Waals surface area contributed by atoms with Crippen molar-refractivity contribution in [1.82, 2.24) is 40.4 Å². The summed E-state index contributed by atoms with van der Waals surface area (Å²) in [6.45, 7) is 11.7. The van der Waals surface area contributed by atoms with Gasteiger partial charge >= 0.3 is 0 Å². The van der Waals surface area contributed by atoms with E-state index in [1.807, 2.05) is 41.5 Å². The summed E-state index contributed by atoms with van der Waals surface area (Å²) in [7, 11) is 0. The molecule has 2 aromatic heterocycles. The Bertz CT molecular complexity index is 1010. The third-order valence-corrected chi connectivity index (χ3v) is 4.23. The van der Waals surface area contributed by atoms with Gasteiger partial charge in [-0.2, -0.15) is 0 Å². The van der Waals surface area contributed by atoms with Crippen LogP contribution in [0.25, 0.3) is 23.7 Å². The van der Waals surface area contributed by atoms with E-state index in [4.69, 9.17) is 0 Å².